The van der Waals surface area contributed by atoms with Crippen molar-refractivity contribution in [2.45, 2.75) is 19.9 Å². The molecule has 24 heavy (non-hydrogen) atoms. The standard InChI is InChI=1S/C16H16BrClN2O4/c1-9(2)20-16(22)11(7-19)4-10-5-12(17)15(13(18)6-10)24-8-14(21)23-3/h4-6,9H,8H2,1-3H3,(H,20,22)/b11-4-. The number of halogens is 2. The molecule has 8 heteroatoms. The van der Waals surface area contributed by atoms with Gasteiger partial charge in [0.15, 0.2) is 12.4 Å². The lowest BCUT2D eigenvalue weighted by atomic mass is 10.1. The molecule has 1 aromatic carbocycles. The highest BCUT2D eigenvalue weighted by Crippen LogP contribution is 2.35. The number of rotatable bonds is 6. The molecule has 0 radical (unpaired) electrons. The maximum Gasteiger partial charge on any atom is 0.343 e. The molecule has 0 saturated carbocycles. The van der Waals surface area contributed by atoms with Crippen LogP contribution in [0.25, 0.3) is 6.08 Å². The predicted molar refractivity (Wildman–Crippen MR) is 93.5 cm³/mol. The number of ether oxygens (including phenoxy) is 2. The molecule has 0 atom stereocenters. The molecule has 128 valence electrons. The van der Waals surface area contributed by atoms with Crippen molar-refractivity contribution in [3.63, 3.8) is 0 Å². The number of benzene rings is 1. The number of esters is 1. The zero-order valence-electron chi connectivity index (χ0n) is 13.4. The fourth-order valence-electron chi connectivity index (χ4n) is 1.65. The first kappa shape index (κ1) is 20.0. The largest absolute Gasteiger partial charge is 0.479 e. The van der Waals surface area contributed by atoms with E-state index in [-0.39, 0.29) is 29.0 Å². The first-order valence-electron chi connectivity index (χ1n) is 6.89. The van der Waals surface area contributed by atoms with Gasteiger partial charge in [-0.25, -0.2) is 4.79 Å². The third-order valence-electron chi connectivity index (χ3n) is 2.68. The third-order valence-corrected chi connectivity index (χ3v) is 3.55. The van der Waals surface area contributed by atoms with Crippen molar-refractivity contribution in [1.29, 1.82) is 5.26 Å². The molecule has 6 nitrogen and oxygen atoms in total. The van der Waals surface area contributed by atoms with Gasteiger partial charge in [-0.05, 0) is 53.5 Å². The highest BCUT2D eigenvalue weighted by atomic mass is 79.9. The molecule has 0 unspecified atom stereocenters. The van der Waals surface area contributed by atoms with E-state index in [1.807, 2.05) is 6.07 Å². The molecule has 0 fully saturated rings. The first-order chi connectivity index (χ1) is 11.3. The molecule has 0 aromatic heterocycles. The smallest absolute Gasteiger partial charge is 0.343 e. The van der Waals surface area contributed by atoms with Crippen molar-refractivity contribution < 1.29 is 19.1 Å². The Balaban J connectivity index is 3.06. The molecule has 0 saturated heterocycles. The second-order valence-corrected chi connectivity index (χ2v) is 6.24. The molecule has 0 aliphatic carbocycles. The van der Waals surface area contributed by atoms with Crippen LogP contribution in [0.15, 0.2) is 22.2 Å². The number of methoxy groups -OCH3 is 1. The van der Waals surface area contributed by atoms with Crippen molar-refractivity contribution in [1.82, 2.24) is 5.32 Å². The summed E-state index contributed by atoms with van der Waals surface area (Å²) in [7, 11) is 1.25. The van der Waals surface area contributed by atoms with Crippen molar-refractivity contribution >= 4 is 45.5 Å². The average molecular weight is 416 g/mol. The highest BCUT2D eigenvalue weighted by molar-refractivity contribution is 9.10. The van der Waals surface area contributed by atoms with Gasteiger partial charge in [-0.15, -0.1) is 0 Å². The van der Waals surface area contributed by atoms with Gasteiger partial charge in [-0.2, -0.15) is 5.26 Å². The van der Waals surface area contributed by atoms with Crippen LogP contribution in [0, 0.1) is 11.3 Å². The Morgan fingerprint density at radius 3 is 2.62 bits per heavy atom. The Hall–Kier alpha value is -2.04. The lowest BCUT2D eigenvalue weighted by molar-refractivity contribution is -0.142. The highest BCUT2D eigenvalue weighted by Gasteiger charge is 2.14. The van der Waals surface area contributed by atoms with Gasteiger partial charge in [0.25, 0.3) is 5.91 Å². The van der Waals surface area contributed by atoms with Gasteiger partial charge in [0, 0.05) is 6.04 Å². The number of nitrogens with zero attached hydrogens (tertiary/aromatic N) is 1. The van der Waals surface area contributed by atoms with Crippen LogP contribution < -0.4 is 10.1 Å². The summed E-state index contributed by atoms with van der Waals surface area (Å²) in [6.07, 6.45) is 1.42. The van der Waals surface area contributed by atoms with Crippen molar-refractivity contribution in [3.8, 4) is 11.8 Å². The Morgan fingerprint density at radius 2 is 2.12 bits per heavy atom. The van der Waals surface area contributed by atoms with E-state index in [0.717, 1.165) is 0 Å². The van der Waals surface area contributed by atoms with Crippen LogP contribution in [0.5, 0.6) is 5.75 Å². The molecule has 0 heterocycles. The van der Waals surface area contributed by atoms with E-state index in [1.54, 1.807) is 19.9 Å². The number of carbonyl (C=O) groups excluding carboxylic acids is 2. The van der Waals surface area contributed by atoms with Crippen molar-refractivity contribution in [3.05, 3.63) is 32.8 Å². The average Bonchev–Trinajstić information content (AvgIpc) is 2.50. The van der Waals surface area contributed by atoms with Crippen LogP contribution in [0.4, 0.5) is 0 Å². The van der Waals surface area contributed by atoms with Crippen LogP contribution in [0.3, 0.4) is 0 Å². The van der Waals surface area contributed by atoms with Crippen molar-refractivity contribution in [2.24, 2.45) is 0 Å². The molecule has 1 rings (SSSR count). The van der Waals surface area contributed by atoms with Gasteiger partial charge in [0.05, 0.1) is 16.6 Å². The minimum absolute atomic E-state index is 0.0464. The van der Waals surface area contributed by atoms with Gasteiger partial charge < -0.3 is 14.8 Å². The van der Waals surface area contributed by atoms with E-state index >= 15 is 0 Å². The monoisotopic (exact) mass is 414 g/mol. The second kappa shape index (κ2) is 9.30. The summed E-state index contributed by atoms with van der Waals surface area (Å²) in [5.41, 5.74) is 0.489. The summed E-state index contributed by atoms with van der Waals surface area (Å²) in [6.45, 7) is 3.31. The summed E-state index contributed by atoms with van der Waals surface area (Å²) in [4.78, 5) is 23.0. The van der Waals surface area contributed by atoms with Gasteiger partial charge in [0.1, 0.15) is 11.6 Å². The maximum absolute atomic E-state index is 11.9. The lowest BCUT2D eigenvalue weighted by Crippen LogP contribution is -2.30. The molecule has 0 bridgehead atoms. The molecule has 0 spiro atoms. The number of nitriles is 1. The van der Waals surface area contributed by atoms with Crippen LogP contribution in [0.2, 0.25) is 5.02 Å². The number of hydrogen-bond acceptors (Lipinski definition) is 5. The number of nitrogens with one attached hydrogen (secondary N) is 1. The van der Waals surface area contributed by atoms with Gasteiger partial charge >= 0.3 is 5.97 Å². The molecular formula is C16H16BrClN2O4. The molecule has 0 aliphatic heterocycles. The van der Waals surface area contributed by atoms with Crippen molar-refractivity contribution in [2.75, 3.05) is 13.7 Å². The topological polar surface area (TPSA) is 88.4 Å². The van der Waals surface area contributed by atoms with Crippen LogP contribution in [-0.2, 0) is 14.3 Å². The van der Waals surface area contributed by atoms with Crippen LogP contribution >= 0.6 is 27.5 Å². The first-order valence-corrected chi connectivity index (χ1v) is 8.06. The van der Waals surface area contributed by atoms with E-state index in [4.69, 9.17) is 21.6 Å². The predicted octanol–water partition coefficient (Wildman–Crippen LogP) is 3.09. The van der Waals surface area contributed by atoms with Gasteiger partial charge in [0.2, 0.25) is 0 Å². The number of carbonyl (C=O) groups is 2. The SMILES string of the molecule is COC(=O)COc1c(Cl)cc(/C=C(/C#N)C(=O)NC(C)C)cc1Br. The number of hydrogen-bond donors (Lipinski definition) is 1. The fraction of sp³-hybridized carbons (Fsp3) is 0.312. The molecule has 1 N–H and O–H groups in total. The normalized spacial score (nSPS) is 11.0. The second-order valence-electron chi connectivity index (χ2n) is 4.98. The van der Waals surface area contributed by atoms with E-state index in [9.17, 15) is 9.59 Å². The summed E-state index contributed by atoms with van der Waals surface area (Å²) in [6, 6.07) is 4.92. The summed E-state index contributed by atoms with van der Waals surface area (Å²) in [5.74, 6) is -0.741. The number of amides is 1. The van der Waals surface area contributed by atoms with Crippen LogP contribution in [0.1, 0.15) is 19.4 Å². The Kier molecular flexibility index (Phi) is 7.75. The molecular weight excluding hydrogens is 400 g/mol. The minimum Gasteiger partial charge on any atom is -0.479 e. The van der Waals surface area contributed by atoms with Crippen LogP contribution in [-0.4, -0.2) is 31.6 Å². The Labute approximate surface area is 153 Å². The lowest BCUT2D eigenvalue weighted by Gasteiger charge is -2.11. The Morgan fingerprint density at radius 1 is 1.46 bits per heavy atom. The maximum atomic E-state index is 11.9. The zero-order valence-corrected chi connectivity index (χ0v) is 15.7. The zero-order chi connectivity index (χ0) is 18.3. The summed E-state index contributed by atoms with van der Waals surface area (Å²) < 4.78 is 10.3. The van der Waals surface area contributed by atoms with E-state index < -0.39 is 11.9 Å². The fourth-order valence-corrected chi connectivity index (χ4v) is 2.63. The van der Waals surface area contributed by atoms with E-state index in [1.165, 1.54) is 19.3 Å². The van der Waals surface area contributed by atoms with Gasteiger partial charge in [-0.3, -0.25) is 4.79 Å². The van der Waals surface area contributed by atoms with E-state index in [0.29, 0.717) is 10.0 Å². The van der Waals surface area contributed by atoms with Gasteiger partial charge in [-0.1, -0.05) is 11.6 Å². The summed E-state index contributed by atoms with van der Waals surface area (Å²) in [5, 5.41) is 12.0. The molecule has 0 aliphatic rings. The molecule has 1 amide bonds. The third kappa shape index (κ3) is 5.87. The molecule has 1 aromatic rings. The quantitative estimate of drug-likeness (QED) is 0.438. The summed E-state index contributed by atoms with van der Waals surface area (Å²) >= 11 is 9.42. The van der Waals surface area contributed by atoms with E-state index in [2.05, 4.69) is 26.0 Å². The Bertz CT molecular complexity index is 688. The minimum atomic E-state index is -0.543.